The Morgan fingerprint density at radius 1 is 1.30 bits per heavy atom. The molecule has 1 fully saturated rings. The highest BCUT2D eigenvalue weighted by Gasteiger charge is 2.35. The molecule has 166 valence electrons. The summed E-state index contributed by atoms with van der Waals surface area (Å²) in [4.78, 5) is 57.2. The average Bonchev–Trinajstić information content (AvgIpc) is 3.38. The monoisotopic (exact) mass is 422 g/mol. The van der Waals surface area contributed by atoms with E-state index < -0.39 is 35.9 Å². The van der Waals surface area contributed by atoms with Crippen molar-refractivity contribution in [3.8, 4) is 0 Å². The third kappa shape index (κ3) is 6.55. The summed E-state index contributed by atoms with van der Waals surface area (Å²) >= 11 is 0. The molecule has 0 radical (unpaired) electrons. The molecule has 3 unspecified atom stereocenters. The van der Waals surface area contributed by atoms with Crippen LogP contribution in [0.15, 0.2) is 12.5 Å². The van der Waals surface area contributed by atoms with Gasteiger partial charge in [-0.15, -0.1) is 0 Å². The van der Waals surface area contributed by atoms with Gasteiger partial charge in [0.1, 0.15) is 18.1 Å². The normalized spacial score (nSPS) is 17.9. The maximum absolute atomic E-state index is 12.9. The van der Waals surface area contributed by atoms with E-state index >= 15 is 0 Å². The quantitative estimate of drug-likeness (QED) is 0.289. The van der Waals surface area contributed by atoms with Crippen LogP contribution in [0.5, 0.6) is 0 Å². The molecule has 0 spiro atoms. The first kappa shape index (κ1) is 23.3. The minimum absolute atomic E-state index is 0.111. The minimum Gasteiger partial charge on any atom is -0.480 e. The molecule has 1 aliphatic heterocycles. The summed E-state index contributed by atoms with van der Waals surface area (Å²) in [5, 5.41) is 14.6. The van der Waals surface area contributed by atoms with E-state index in [1.807, 2.05) is 0 Å². The number of hydrogen-bond donors (Lipinski definition) is 5. The molecule has 3 amide bonds. The van der Waals surface area contributed by atoms with Crippen molar-refractivity contribution in [3.05, 3.63) is 18.2 Å². The van der Waals surface area contributed by atoms with Gasteiger partial charge in [0.2, 0.25) is 17.7 Å². The summed E-state index contributed by atoms with van der Waals surface area (Å²) in [6, 6.07) is -2.73. The molecule has 3 atom stereocenters. The zero-order valence-corrected chi connectivity index (χ0v) is 17.1. The molecule has 11 nitrogen and oxygen atoms in total. The van der Waals surface area contributed by atoms with Crippen molar-refractivity contribution in [1.82, 2.24) is 25.5 Å². The highest BCUT2D eigenvalue weighted by Crippen LogP contribution is 2.17. The van der Waals surface area contributed by atoms with Crippen LogP contribution in [0, 0.1) is 0 Å². The van der Waals surface area contributed by atoms with Crippen LogP contribution in [0.2, 0.25) is 0 Å². The molecule has 0 aromatic carbocycles. The fourth-order valence-corrected chi connectivity index (χ4v) is 3.53. The van der Waals surface area contributed by atoms with E-state index in [-0.39, 0.29) is 18.7 Å². The number of nitrogens with zero attached hydrogens (tertiary/aromatic N) is 2. The predicted octanol–water partition coefficient (Wildman–Crippen LogP) is -0.854. The maximum Gasteiger partial charge on any atom is 0.326 e. The van der Waals surface area contributed by atoms with E-state index in [0.29, 0.717) is 44.5 Å². The van der Waals surface area contributed by atoms with Crippen LogP contribution >= 0.6 is 0 Å². The molecule has 1 saturated heterocycles. The zero-order valence-electron chi connectivity index (χ0n) is 17.1. The Labute approximate surface area is 174 Å². The van der Waals surface area contributed by atoms with Gasteiger partial charge in [0.05, 0.1) is 6.33 Å². The highest BCUT2D eigenvalue weighted by molar-refractivity contribution is 5.93. The van der Waals surface area contributed by atoms with Gasteiger partial charge in [-0.05, 0) is 38.6 Å². The van der Waals surface area contributed by atoms with E-state index in [9.17, 15) is 24.3 Å². The Morgan fingerprint density at radius 2 is 2.07 bits per heavy atom. The Balaban J connectivity index is 2.09. The van der Waals surface area contributed by atoms with E-state index in [4.69, 9.17) is 5.73 Å². The molecule has 6 N–H and O–H groups in total. The van der Waals surface area contributed by atoms with Crippen LogP contribution < -0.4 is 16.4 Å². The van der Waals surface area contributed by atoms with Crippen LogP contribution in [0.4, 0.5) is 0 Å². The van der Waals surface area contributed by atoms with Gasteiger partial charge in [-0.1, -0.05) is 0 Å². The third-order valence-electron chi connectivity index (χ3n) is 5.13. The largest absolute Gasteiger partial charge is 0.480 e. The molecule has 1 aliphatic rings. The van der Waals surface area contributed by atoms with Gasteiger partial charge in [0.25, 0.3) is 0 Å². The molecule has 2 heterocycles. The first-order chi connectivity index (χ1) is 14.3. The summed E-state index contributed by atoms with van der Waals surface area (Å²) in [6.45, 7) is 2.33. The summed E-state index contributed by atoms with van der Waals surface area (Å²) < 4.78 is 0. The van der Waals surface area contributed by atoms with Crippen molar-refractivity contribution in [2.24, 2.45) is 5.73 Å². The molecule has 30 heavy (non-hydrogen) atoms. The number of nitrogens with one attached hydrogen (secondary N) is 3. The van der Waals surface area contributed by atoms with Gasteiger partial charge in [0.15, 0.2) is 0 Å². The second kappa shape index (κ2) is 11.3. The van der Waals surface area contributed by atoms with E-state index in [1.54, 1.807) is 0 Å². The summed E-state index contributed by atoms with van der Waals surface area (Å²) in [7, 11) is 0. The van der Waals surface area contributed by atoms with Crippen molar-refractivity contribution in [2.45, 2.75) is 63.6 Å². The number of carboxylic acid groups (broad SMARTS) is 1. The van der Waals surface area contributed by atoms with Crippen molar-refractivity contribution in [3.63, 3.8) is 0 Å². The summed E-state index contributed by atoms with van der Waals surface area (Å²) in [6.07, 6.45) is 5.76. The number of likely N-dealkylation sites (tertiary alicyclic amines) is 1. The van der Waals surface area contributed by atoms with E-state index in [1.165, 1.54) is 24.3 Å². The number of carbonyl (C=O) groups excluding carboxylic acids is 3. The molecule has 0 aliphatic carbocycles. The number of aromatic amines is 1. The van der Waals surface area contributed by atoms with Gasteiger partial charge < -0.3 is 31.4 Å². The lowest BCUT2D eigenvalue weighted by Crippen LogP contribution is -2.56. The molecular weight excluding hydrogens is 392 g/mol. The lowest BCUT2D eigenvalue weighted by molar-refractivity contribution is -0.143. The SMILES string of the molecule is CC(=O)N1CCCC1C(=O)NC(Cc1cnc[nH]1)C(=O)NC(CCCCN)C(=O)O. The number of carboxylic acids is 1. The molecule has 0 saturated carbocycles. The van der Waals surface area contributed by atoms with Crippen LogP contribution in [0.3, 0.4) is 0 Å². The Kier molecular flexibility index (Phi) is 8.78. The second-order valence-corrected chi connectivity index (χ2v) is 7.40. The number of aromatic nitrogens is 2. The predicted molar refractivity (Wildman–Crippen MR) is 107 cm³/mol. The van der Waals surface area contributed by atoms with Gasteiger partial charge in [-0.3, -0.25) is 14.4 Å². The van der Waals surface area contributed by atoms with Gasteiger partial charge >= 0.3 is 5.97 Å². The fraction of sp³-hybridized carbons (Fsp3) is 0.632. The fourth-order valence-electron chi connectivity index (χ4n) is 3.53. The number of imidazole rings is 1. The lowest BCUT2D eigenvalue weighted by Gasteiger charge is -2.26. The smallest absolute Gasteiger partial charge is 0.326 e. The number of rotatable bonds is 11. The standard InChI is InChI=1S/C19H30N6O5/c1-12(26)25-8-4-6-16(25)18(28)24-15(9-13-10-21-11-22-13)17(27)23-14(19(29)30)5-2-3-7-20/h10-11,14-16H,2-9,20H2,1H3,(H,21,22)(H,23,27)(H,24,28)(H,29,30). The van der Waals surface area contributed by atoms with Crippen LogP contribution in [0.1, 0.15) is 44.7 Å². The molecule has 1 aromatic heterocycles. The van der Waals surface area contributed by atoms with Crippen molar-refractivity contribution < 1.29 is 24.3 Å². The Bertz CT molecular complexity index is 738. The number of amides is 3. The third-order valence-corrected chi connectivity index (χ3v) is 5.13. The number of nitrogens with two attached hydrogens (primary N) is 1. The van der Waals surface area contributed by atoms with Crippen LogP contribution in [-0.2, 0) is 25.6 Å². The number of H-pyrrole nitrogens is 1. The van der Waals surface area contributed by atoms with Gasteiger partial charge in [0, 0.05) is 31.8 Å². The highest BCUT2D eigenvalue weighted by atomic mass is 16.4. The topological polar surface area (TPSA) is 171 Å². The molecule has 0 bridgehead atoms. The summed E-state index contributed by atoms with van der Waals surface area (Å²) in [5.74, 6) is -2.39. The molecule has 2 rings (SSSR count). The van der Waals surface area contributed by atoms with E-state index in [2.05, 4.69) is 20.6 Å². The number of aliphatic carboxylic acids is 1. The molecular formula is C19H30N6O5. The molecule has 1 aromatic rings. The van der Waals surface area contributed by atoms with E-state index in [0.717, 1.165) is 0 Å². The van der Waals surface area contributed by atoms with Crippen molar-refractivity contribution in [2.75, 3.05) is 13.1 Å². The van der Waals surface area contributed by atoms with Gasteiger partial charge in [-0.25, -0.2) is 9.78 Å². The summed E-state index contributed by atoms with van der Waals surface area (Å²) in [5.41, 5.74) is 6.05. The van der Waals surface area contributed by atoms with Crippen LogP contribution in [-0.4, -0.2) is 74.9 Å². The number of unbranched alkanes of at least 4 members (excludes halogenated alkanes) is 1. The van der Waals surface area contributed by atoms with Crippen molar-refractivity contribution in [1.29, 1.82) is 0 Å². The van der Waals surface area contributed by atoms with Crippen LogP contribution in [0.25, 0.3) is 0 Å². The first-order valence-corrected chi connectivity index (χ1v) is 10.1. The maximum atomic E-state index is 12.9. The minimum atomic E-state index is -1.15. The average molecular weight is 422 g/mol. The van der Waals surface area contributed by atoms with Gasteiger partial charge in [-0.2, -0.15) is 0 Å². The molecule has 11 heteroatoms. The lowest BCUT2D eigenvalue weighted by atomic mass is 10.1. The first-order valence-electron chi connectivity index (χ1n) is 10.1. The number of carbonyl (C=O) groups is 4. The Hall–Kier alpha value is -2.95. The second-order valence-electron chi connectivity index (χ2n) is 7.40. The van der Waals surface area contributed by atoms with Crippen molar-refractivity contribution >= 4 is 23.7 Å². The number of hydrogen-bond acceptors (Lipinski definition) is 6. The zero-order chi connectivity index (χ0) is 22.1. The Morgan fingerprint density at radius 3 is 2.67 bits per heavy atom.